The van der Waals surface area contributed by atoms with Gasteiger partial charge in [-0.15, -0.1) is 0 Å². The van der Waals surface area contributed by atoms with Gasteiger partial charge in [0.1, 0.15) is 17.0 Å². The Labute approximate surface area is 238 Å². The Morgan fingerprint density at radius 2 is 1.88 bits per heavy atom. The van der Waals surface area contributed by atoms with Crippen LogP contribution in [0.5, 0.6) is 0 Å². The van der Waals surface area contributed by atoms with Crippen LogP contribution in [0.4, 0.5) is 21.6 Å². The normalized spacial score (nSPS) is 18.1. The number of aryl methyl sites for hydroxylation is 1. The van der Waals surface area contributed by atoms with Gasteiger partial charge < -0.3 is 20.4 Å². The van der Waals surface area contributed by atoms with Crippen LogP contribution in [0.25, 0.3) is 10.9 Å². The van der Waals surface area contributed by atoms with Crippen molar-refractivity contribution in [2.75, 3.05) is 56.5 Å². The fourth-order valence-electron chi connectivity index (χ4n) is 6.04. The molecule has 2 N–H and O–H groups in total. The van der Waals surface area contributed by atoms with Gasteiger partial charge in [-0.3, -0.25) is 14.3 Å². The fraction of sp³-hybridized carbons (Fsp3) is 0.483. The molecule has 0 radical (unpaired) electrons. The molecule has 3 aliphatic rings. The van der Waals surface area contributed by atoms with Crippen molar-refractivity contribution in [3.63, 3.8) is 0 Å². The zero-order chi connectivity index (χ0) is 28.7. The van der Waals surface area contributed by atoms with E-state index in [4.69, 9.17) is 0 Å². The van der Waals surface area contributed by atoms with Gasteiger partial charge in [0.05, 0.1) is 28.8 Å². The summed E-state index contributed by atoms with van der Waals surface area (Å²) < 4.78 is 17.1. The molecule has 2 aromatic heterocycles. The Morgan fingerprint density at radius 3 is 2.59 bits per heavy atom. The lowest BCUT2D eigenvalue weighted by Gasteiger charge is -2.36. The second-order valence-corrected chi connectivity index (χ2v) is 11.1. The molecule has 2 fully saturated rings. The predicted molar refractivity (Wildman–Crippen MR) is 158 cm³/mol. The molecule has 2 saturated heterocycles. The Morgan fingerprint density at radius 1 is 1.12 bits per heavy atom. The van der Waals surface area contributed by atoms with E-state index < -0.39 is 11.5 Å². The van der Waals surface area contributed by atoms with Gasteiger partial charge in [0.25, 0.3) is 5.91 Å². The Bertz CT molecular complexity index is 1570. The molecule has 0 atom stereocenters. The molecule has 12 heteroatoms. The summed E-state index contributed by atoms with van der Waals surface area (Å²) in [6, 6.07) is 5.78. The van der Waals surface area contributed by atoms with E-state index >= 15 is 4.39 Å². The number of aliphatic imine (C=N–C) groups is 1. The van der Waals surface area contributed by atoms with Gasteiger partial charge in [-0.2, -0.15) is 4.98 Å². The third kappa shape index (κ3) is 5.29. The average Bonchev–Trinajstić information content (AvgIpc) is 2.97. The van der Waals surface area contributed by atoms with Crippen LogP contribution in [0.15, 0.2) is 28.0 Å². The van der Waals surface area contributed by atoms with E-state index in [1.165, 1.54) is 10.9 Å². The van der Waals surface area contributed by atoms with Crippen LogP contribution >= 0.6 is 0 Å². The van der Waals surface area contributed by atoms with E-state index in [1.807, 2.05) is 19.9 Å². The third-order valence-electron chi connectivity index (χ3n) is 8.41. The minimum Gasteiger partial charge on any atom is -0.368 e. The Balaban J connectivity index is 1.12. The van der Waals surface area contributed by atoms with E-state index in [0.29, 0.717) is 41.2 Å². The number of nitrogens with zero attached hydrogens (tertiary/aromatic N) is 7. The highest BCUT2D eigenvalue weighted by Crippen LogP contribution is 2.36. The minimum absolute atomic E-state index is 0.0619. The molecule has 41 heavy (non-hydrogen) atoms. The number of benzene rings is 1. The van der Waals surface area contributed by atoms with Crippen LogP contribution < -0.4 is 21.2 Å². The Kier molecular flexibility index (Phi) is 7.43. The smallest absolute Gasteiger partial charge is 0.349 e. The number of carbonyl (C=O) groups is 1. The number of aromatic nitrogens is 3. The number of pyridine rings is 1. The zero-order valence-corrected chi connectivity index (χ0v) is 23.8. The van der Waals surface area contributed by atoms with Gasteiger partial charge in [0.2, 0.25) is 0 Å². The highest BCUT2D eigenvalue weighted by molar-refractivity contribution is 6.06. The molecule has 3 aromatic rings. The number of rotatable bonds is 6. The monoisotopic (exact) mass is 561 g/mol. The number of amides is 1. The Hall–Kier alpha value is -3.90. The number of likely N-dealkylation sites (tertiary alicyclic amines) is 1. The van der Waals surface area contributed by atoms with Gasteiger partial charge >= 0.3 is 5.69 Å². The average molecular weight is 562 g/mol. The third-order valence-corrected chi connectivity index (χ3v) is 8.41. The maximum atomic E-state index is 15.7. The first-order valence-corrected chi connectivity index (χ1v) is 14.3. The van der Waals surface area contributed by atoms with Crippen LogP contribution in [0, 0.1) is 12.7 Å². The zero-order valence-electron chi connectivity index (χ0n) is 23.8. The number of piperazine rings is 1. The van der Waals surface area contributed by atoms with Crippen molar-refractivity contribution in [3.05, 3.63) is 51.5 Å². The molecular weight excluding hydrogens is 525 g/mol. The lowest BCUT2D eigenvalue weighted by atomic mass is 10.1. The van der Waals surface area contributed by atoms with E-state index in [2.05, 4.69) is 47.3 Å². The summed E-state index contributed by atoms with van der Waals surface area (Å²) in [4.78, 5) is 45.1. The van der Waals surface area contributed by atoms with Crippen molar-refractivity contribution in [2.24, 2.45) is 4.99 Å². The lowest BCUT2D eigenvalue weighted by molar-refractivity contribution is 0.0911. The molecule has 0 unspecified atom stereocenters. The molecule has 1 amide bonds. The van der Waals surface area contributed by atoms with E-state index in [0.717, 1.165) is 63.5 Å². The SMILES string of the molecule is CCn1c2c3c(cc(CN4CCN(c5ccc(C(=O)NC6CCN(C)CC6)nc5C)CC4)c(F)c3nc1=O)NC=N2. The number of piperidine rings is 1. The van der Waals surface area contributed by atoms with E-state index in [9.17, 15) is 9.59 Å². The lowest BCUT2D eigenvalue weighted by Crippen LogP contribution is -2.46. The van der Waals surface area contributed by atoms with Gasteiger partial charge in [0.15, 0.2) is 5.82 Å². The van der Waals surface area contributed by atoms with Crippen LogP contribution in [-0.4, -0.2) is 88.9 Å². The molecule has 0 saturated carbocycles. The quantitative estimate of drug-likeness (QED) is 0.473. The van der Waals surface area contributed by atoms with Crippen LogP contribution in [-0.2, 0) is 13.1 Å². The van der Waals surface area contributed by atoms with Gasteiger partial charge in [-0.1, -0.05) is 0 Å². The number of hydrogen-bond donors (Lipinski definition) is 2. The van der Waals surface area contributed by atoms with Crippen LogP contribution in [0.1, 0.15) is 41.5 Å². The molecule has 1 aromatic carbocycles. The number of halogens is 1. The standard InChI is InChI=1S/C29H36FN9O2/c1-4-39-27-24-22(31-17-32-27)15-19(25(30)26(24)35-29(39)41)16-37-11-13-38(14-12-37)23-6-5-21(33-18(23)2)28(40)34-20-7-9-36(3)10-8-20/h5-6,15,17,20H,4,7-14,16H2,1-3H3,(H,31,32)(H,34,40). The largest absolute Gasteiger partial charge is 0.368 e. The first kappa shape index (κ1) is 27.3. The van der Waals surface area contributed by atoms with Crippen molar-refractivity contribution in [3.8, 4) is 0 Å². The highest BCUT2D eigenvalue weighted by Gasteiger charge is 2.25. The molecule has 0 spiro atoms. The first-order valence-electron chi connectivity index (χ1n) is 14.3. The van der Waals surface area contributed by atoms with E-state index in [-0.39, 0.29) is 17.5 Å². The summed E-state index contributed by atoms with van der Waals surface area (Å²) in [6.07, 6.45) is 3.44. The molecule has 216 valence electrons. The van der Waals surface area contributed by atoms with Gasteiger partial charge in [0, 0.05) is 50.9 Å². The number of carbonyl (C=O) groups excluding carboxylic acids is 1. The van der Waals surface area contributed by atoms with Crippen molar-refractivity contribution < 1.29 is 9.18 Å². The summed E-state index contributed by atoms with van der Waals surface area (Å²) >= 11 is 0. The maximum Gasteiger partial charge on any atom is 0.349 e. The highest BCUT2D eigenvalue weighted by atomic mass is 19.1. The topological polar surface area (TPSA) is 111 Å². The molecule has 0 bridgehead atoms. The van der Waals surface area contributed by atoms with Gasteiger partial charge in [-0.25, -0.2) is 19.2 Å². The minimum atomic E-state index is -0.501. The summed E-state index contributed by atoms with van der Waals surface area (Å²) in [7, 11) is 2.10. The van der Waals surface area contributed by atoms with Crippen molar-refractivity contribution in [1.82, 2.24) is 29.7 Å². The molecule has 3 aliphatic heterocycles. The molecule has 6 rings (SSSR count). The summed E-state index contributed by atoms with van der Waals surface area (Å²) in [6.45, 7) is 9.53. The molecule has 0 aliphatic carbocycles. The summed E-state index contributed by atoms with van der Waals surface area (Å²) in [5.74, 6) is -0.156. The molecular formula is C29H36FN9O2. The van der Waals surface area contributed by atoms with Crippen LogP contribution in [0.2, 0.25) is 0 Å². The first-order chi connectivity index (χ1) is 19.8. The number of hydrogen-bond acceptors (Lipinski definition) is 9. The predicted octanol–water partition coefficient (Wildman–Crippen LogP) is 2.49. The molecule has 11 nitrogen and oxygen atoms in total. The van der Waals surface area contributed by atoms with E-state index in [1.54, 1.807) is 12.1 Å². The van der Waals surface area contributed by atoms with Crippen LogP contribution in [0.3, 0.4) is 0 Å². The van der Waals surface area contributed by atoms with Crippen molar-refractivity contribution in [2.45, 2.75) is 45.8 Å². The number of nitrogens with one attached hydrogen (secondary N) is 2. The fourth-order valence-corrected chi connectivity index (χ4v) is 6.04. The number of anilines is 2. The van der Waals surface area contributed by atoms with Crippen molar-refractivity contribution >= 4 is 40.3 Å². The molecule has 5 heterocycles. The van der Waals surface area contributed by atoms with Crippen molar-refractivity contribution in [1.29, 1.82) is 0 Å². The second kappa shape index (κ2) is 11.2. The second-order valence-electron chi connectivity index (χ2n) is 11.1. The summed E-state index contributed by atoms with van der Waals surface area (Å²) in [5.41, 5.74) is 3.03. The summed E-state index contributed by atoms with van der Waals surface area (Å²) in [5, 5.41) is 6.77. The van der Waals surface area contributed by atoms with Gasteiger partial charge in [-0.05, 0) is 65.0 Å². The maximum absolute atomic E-state index is 15.7.